The highest BCUT2D eigenvalue weighted by atomic mass is 16.6. The summed E-state index contributed by atoms with van der Waals surface area (Å²) in [5, 5.41) is 0. The number of hydrogen-bond acceptors (Lipinski definition) is 6. The molecule has 0 fully saturated rings. The van der Waals surface area contributed by atoms with Crippen LogP contribution in [-0.4, -0.2) is 37.2 Å². The molecular formula is C64H124O6. The minimum absolute atomic E-state index is 0.0626. The third-order valence-corrected chi connectivity index (χ3v) is 14.6. The van der Waals surface area contributed by atoms with E-state index in [1.165, 1.54) is 238 Å². The van der Waals surface area contributed by atoms with Crippen LogP contribution >= 0.6 is 0 Å². The Morgan fingerprint density at radius 1 is 0.243 bits per heavy atom. The first-order valence-electron chi connectivity index (χ1n) is 31.6. The monoisotopic (exact) mass is 989 g/mol. The molecule has 0 heterocycles. The molecular weight excluding hydrogens is 865 g/mol. The molecule has 0 aromatic rings. The number of esters is 3. The predicted molar refractivity (Wildman–Crippen MR) is 303 cm³/mol. The Hall–Kier alpha value is -1.59. The highest BCUT2D eigenvalue weighted by molar-refractivity contribution is 5.71. The lowest BCUT2D eigenvalue weighted by Gasteiger charge is -2.18. The number of unbranched alkanes of at least 4 members (excludes halogenated alkanes) is 40. The lowest BCUT2D eigenvalue weighted by Crippen LogP contribution is -2.30. The first-order valence-corrected chi connectivity index (χ1v) is 31.6. The van der Waals surface area contributed by atoms with Gasteiger partial charge in [-0.3, -0.25) is 14.4 Å². The zero-order valence-corrected chi connectivity index (χ0v) is 48.3. The molecule has 0 aliphatic carbocycles. The van der Waals surface area contributed by atoms with E-state index in [2.05, 4.69) is 41.5 Å². The van der Waals surface area contributed by atoms with Crippen LogP contribution in [-0.2, 0) is 28.6 Å². The molecule has 0 amide bonds. The Bertz CT molecular complexity index is 1090. The topological polar surface area (TPSA) is 78.9 Å². The summed E-state index contributed by atoms with van der Waals surface area (Å²) < 4.78 is 17.0. The van der Waals surface area contributed by atoms with Gasteiger partial charge in [0.25, 0.3) is 0 Å². The summed E-state index contributed by atoms with van der Waals surface area (Å²) in [5.41, 5.74) is 0. The third-order valence-electron chi connectivity index (χ3n) is 14.6. The van der Waals surface area contributed by atoms with E-state index in [0.717, 1.165) is 75.5 Å². The molecule has 0 rings (SSSR count). The summed E-state index contributed by atoms with van der Waals surface area (Å²) >= 11 is 0. The van der Waals surface area contributed by atoms with Gasteiger partial charge in [-0.15, -0.1) is 0 Å². The normalized spacial score (nSPS) is 12.1. The second-order valence-corrected chi connectivity index (χ2v) is 23.5. The van der Waals surface area contributed by atoms with Crippen molar-refractivity contribution in [1.29, 1.82) is 0 Å². The number of carbonyl (C=O) groups excluding carboxylic acids is 3. The van der Waals surface area contributed by atoms with Gasteiger partial charge in [0.2, 0.25) is 0 Å². The molecule has 1 atom stereocenters. The SMILES string of the molecule is CC(C)CCCCCCCCCCCCCCCCCC(=O)OC[C@@H](COC(=O)CCCCCCCCCCCCCCCC(C)C)OC(=O)CCCCCCCCCCCCCCCCCC(C)C. The number of carbonyl (C=O) groups is 3. The van der Waals surface area contributed by atoms with E-state index >= 15 is 0 Å². The van der Waals surface area contributed by atoms with Gasteiger partial charge in [-0.25, -0.2) is 0 Å². The van der Waals surface area contributed by atoms with E-state index in [-0.39, 0.29) is 31.1 Å². The van der Waals surface area contributed by atoms with Gasteiger partial charge in [0.05, 0.1) is 0 Å². The zero-order chi connectivity index (χ0) is 51.2. The van der Waals surface area contributed by atoms with Crippen LogP contribution in [0.4, 0.5) is 0 Å². The van der Waals surface area contributed by atoms with E-state index in [9.17, 15) is 14.4 Å². The molecule has 0 aromatic carbocycles. The number of rotatable bonds is 57. The molecule has 0 aliphatic heterocycles. The molecule has 6 heteroatoms. The lowest BCUT2D eigenvalue weighted by atomic mass is 10.0. The predicted octanol–water partition coefficient (Wildman–Crippen LogP) is 21.1. The first kappa shape index (κ1) is 68.4. The third kappa shape index (κ3) is 57.3. The van der Waals surface area contributed by atoms with Crippen molar-refractivity contribution in [1.82, 2.24) is 0 Å². The van der Waals surface area contributed by atoms with Crippen LogP contribution in [0.3, 0.4) is 0 Å². The zero-order valence-electron chi connectivity index (χ0n) is 48.3. The molecule has 0 aromatic heterocycles. The fraction of sp³-hybridized carbons (Fsp3) is 0.953. The van der Waals surface area contributed by atoms with E-state index < -0.39 is 6.10 Å². The van der Waals surface area contributed by atoms with Gasteiger partial charge >= 0.3 is 17.9 Å². The minimum atomic E-state index is -0.764. The van der Waals surface area contributed by atoms with Gasteiger partial charge in [-0.2, -0.15) is 0 Å². The van der Waals surface area contributed by atoms with Gasteiger partial charge in [-0.05, 0) is 37.0 Å². The van der Waals surface area contributed by atoms with Crippen LogP contribution in [0, 0.1) is 17.8 Å². The highest BCUT2D eigenvalue weighted by Gasteiger charge is 2.19. The van der Waals surface area contributed by atoms with Gasteiger partial charge < -0.3 is 14.2 Å². The van der Waals surface area contributed by atoms with E-state index in [1.807, 2.05) is 0 Å². The first-order chi connectivity index (χ1) is 34.1. The summed E-state index contributed by atoms with van der Waals surface area (Å²) in [6.45, 7) is 13.8. The molecule has 70 heavy (non-hydrogen) atoms. The standard InChI is InChI=1S/C64H124O6/c1-58(2)50-44-38-32-26-20-14-9-7-11-17-23-29-35-41-47-53-62(65)68-56-61(57-69-63(66)54-48-42-36-30-24-19-13-16-22-28-34-40-46-52-60(5)6)70-64(67)55-49-43-37-31-25-18-12-8-10-15-21-27-33-39-45-51-59(3)4/h58-61H,7-57H2,1-6H3/t61-/m0/s1. The molecule has 0 N–H and O–H groups in total. The lowest BCUT2D eigenvalue weighted by molar-refractivity contribution is -0.167. The highest BCUT2D eigenvalue weighted by Crippen LogP contribution is 2.19. The van der Waals surface area contributed by atoms with Gasteiger partial charge in [-0.1, -0.05) is 318 Å². The molecule has 0 saturated heterocycles. The van der Waals surface area contributed by atoms with Crippen molar-refractivity contribution in [2.75, 3.05) is 13.2 Å². The molecule has 0 bridgehead atoms. The average molecular weight is 990 g/mol. The Labute approximate surface area is 438 Å². The van der Waals surface area contributed by atoms with Gasteiger partial charge in [0, 0.05) is 19.3 Å². The molecule has 0 radical (unpaired) electrons. The van der Waals surface area contributed by atoms with Crippen molar-refractivity contribution in [3.63, 3.8) is 0 Å². The van der Waals surface area contributed by atoms with Crippen molar-refractivity contribution in [3.8, 4) is 0 Å². The summed E-state index contributed by atoms with van der Waals surface area (Å²) in [5.74, 6) is 1.70. The van der Waals surface area contributed by atoms with Crippen LogP contribution in [0.2, 0.25) is 0 Å². The van der Waals surface area contributed by atoms with Crippen molar-refractivity contribution >= 4 is 17.9 Å². The van der Waals surface area contributed by atoms with Crippen molar-refractivity contribution < 1.29 is 28.6 Å². The van der Waals surface area contributed by atoms with Crippen molar-refractivity contribution in [3.05, 3.63) is 0 Å². The van der Waals surface area contributed by atoms with Gasteiger partial charge in [0.15, 0.2) is 6.10 Å². The fourth-order valence-electron chi connectivity index (χ4n) is 9.88. The average Bonchev–Trinajstić information content (AvgIpc) is 3.32. The summed E-state index contributed by atoms with van der Waals surface area (Å²) in [7, 11) is 0. The molecule has 6 nitrogen and oxygen atoms in total. The molecule has 416 valence electrons. The minimum Gasteiger partial charge on any atom is -0.462 e. The molecule has 0 unspecified atom stereocenters. The van der Waals surface area contributed by atoms with E-state index in [0.29, 0.717) is 19.3 Å². The van der Waals surface area contributed by atoms with Crippen LogP contribution in [0.25, 0.3) is 0 Å². The van der Waals surface area contributed by atoms with E-state index in [1.54, 1.807) is 0 Å². The maximum atomic E-state index is 12.9. The second kappa shape index (κ2) is 55.2. The largest absolute Gasteiger partial charge is 0.462 e. The van der Waals surface area contributed by atoms with Gasteiger partial charge in [0.1, 0.15) is 13.2 Å². The Balaban J connectivity index is 4.30. The van der Waals surface area contributed by atoms with Crippen LogP contribution in [0.1, 0.15) is 356 Å². The number of hydrogen-bond donors (Lipinski definition) is 0. The van der Waals surface area contributed by atoms with Crippen LogP contribution < -0.4 is 0 Å². The Kier molecular flexibility index (Phi) is 53.9. The molecule has 0 saturated carbocycles. The summed E-state index contributed by atoms with van der Waals surface area (Å²) in [6.07, 6.45) is 59.6. The smallest absolute Gasteiger partial charge is 0.306 e. The van der Waals surface area contributed by atoms with Crippen LogP contribution in [0.15, 0.2) is 0 Å². The Morgan fingerprint density at radius 2 is 0.414 bits per heavy atom. The quantitative estimate of drug-likeness (QED) is 0.0343. The molecule has 0 aliphatic rings. The van der Waals surface area contributed by atoms with Crippen LogP contribution in [0.5, 0.6) is 0 Å². The maximum absolute atomic E-state index is 12.9. The number of ether oxygens (including phenoxy) is 3. The second-order valence-electron chi connectivity index (χ2n) is 23.5. The summed E-state index contributed by atoms with van der Waals surface area (Å²) in [6, 6.07) is 0. The molecule has 0 spiro atoms. The van der Waals surface area contributed by atoms with Crippen molar-refractivity contribution in [2.45, 2.75) is 362 Å². The van der Waals surface area contributed by atoms with Crippen molar-refractivity contribution in [2.24, 2.45) is 17.8 Å². The summed E-state index contributed by atoms with van der Waals surface area (Å²) in [4.78, 5) is 38.3. The Morgan fingerprint density at radius 3 is 0.614 bits per heavy atom. The maximum Gasteiger partial charge on any atom is 0.306 e. The van der Waals surface area contributed by atoms with E-state index in [4.69, 9.17) is 14.2 Å². The fourth-order valence-corrected chi connectivity index (χ4v) is 9.88.